The Labute approximate surface area is 173 Å². The molecule has 0 aliphatic carbocycles. The number of fused-ring (bicyclic) bond motifs is 1. The van der Waals surface area contributed by atoms with Crippen molar-refractivity contribution in [1.29, 1.82) is 0 Å². The molecule has 5 heteroatoms. The van der Waals surface area contributed by atoms with Crippen molar-refractivity contribution in [3.05, 3.63) is 101 Å². The van der Waals surface area contributed by atoms with Gasteiger partial charge in [-0.25, -0.2) is 4.79 Å². The van der Waals surface area contributed by atoms with Gasteiger partial charge in [0.05, 0.1) is 12.7 Å². The second kappa shape index (κ2) is 8.49. The quantitative estimate of drug-likeness (QED) is 0.346. The van der Waals surface area contributed by atoms with Crippen LogP contribution in [-0.2, 0) is 4.79 Å². The highest BCUT2D eigenvalue weighted by molar-refractivity contribution is 6.14. The molecule has 0 atom stereocenters. The summed E-state index contributed by atoms with van der Waals surface area (Å²) in [4.78, 5) is 24.7. The van der Waals surface area contributed by atoms with Gasteiger partial charge in [0, 0.05) is 17.7 Å². The zero-order valence-corrected chi connectivity index (χ0v) is 16.2. The highest BCUT2D eigenvalue weighted by atomic mass is 16.5. The van der Waals surface area contributed by atoms with E-state index in [0.717, 1.165) is 11.1 Å². The lowest BCUT2D eigenvalue weighted by Gasteiger charge is -2.05. The summed E-state index contributed by atoms with van der Waals surface area (Å²) >= 11 is 0. The smallest absolute Gasteiger partial charge is 0.336 e. The number of carbonyl (C=O) groups excluding carboxylic acids is 2. The van der Waals surface area contributed by atoms with E-state index in [1.807, 2.05) is 48.5 Å². The molecule has 0 N–H and O–H groups in total. The Morgan fingerprint density at radius 1 is 0.967 bits per heavy atom. The van der Waals surface area contributed by atoms with Crippen LogP contribution in [0, 0.1) is 0 Å². The zero-order valence-electron chi connectivity index (χ0n) is 16.2. The summed E-state index contributed by atoms with van der Waals surface area (Å²) < 4.78 is 16.4. The summed E-state index contributed by atoms with van der Waals surface area (Å²) in [5.41, 5.74) is 2.04. The molecule has 0 radical (unpaired) electrons. The number of methoxy groups -OCH3 is 1. The van der Waals surface area contributed by atoms with Crippen LogP contribution in [0.2, 0.25) is 0 Å². The van der Waals surface area contributed by atoms with E-state index >= 15 is 0 Å². The average Bonchev–Trinajstić information content (AvgIpc) is 3.08. The van der Waals surface area contributed by atoms with Crippen molar-refractivity contribution in [1.82, 2.24) is 0 Å². The lowest BCUT2D eigenvalue weighted by Crippen LogP contribution is -2.03. The monoisotopic (exact) mass is 398 g/mol. The number of esters is 1. The normalized spacial score (nSPS) is 13.9. The number of hydrogen-bond acceptors (Lipinski definition) is 5. The van der Waals surface area contributed by atoms with Crippen LogP contribution in [-0.4, -0.2) is 18.9 Å². The van der Waals surface area contributed by atoms with Crippen LogP contribution in [0.4, 0.5) is 0 Å². The van der Waals surface area contributed by atoms with Crippen LogP contribution in [0.1, 0.15) is 21.5 Å². The number of para-hydroxylation sites is 1. The minimum absolute atomic E-state index is 0.182. The predicted octanol–water partition coefficient (Wildman–Crippen LogP) is 4.93. The Kier molecular flexibility index (Phi) is 5.44. The molecule has 0 unspecified atom stereocenters. The molecule has 0 fully saturated rings. The number of rotatable bonds is 5. The van der Waals surface area contributed by atoms with E-state index in [-0.39, 0.29) is 11.5 Å². The summed E-state index contributed by atoms with van der Waals surface area (Å²) in [6.07, 6.45) is 4.65. The molecule has 30 heavy (non-hydrogen) atoms. The molecule has 1 aliphatic rings. The van der Waals surface area contributed by atoms with Gasteiger partial charge in [-0.1, -0.05) is 48.5 Å². The van der Waals surface area contributed by atoms with Crippen molar-refractivity contribution in [2.45, 2.75) is 0 Å². The molecule has 4 rings (SSSR count). The van der Waals surface area contributed by atoms with E-state index in [1.165, 1.54) is 12.1 Å². The van der Waals surface area contributed by atoms with Crippen LogP contribution in [0.15, 0.2) is 84.6 Å². The minimum Gasteiger partial charge on any atom is -0.496 e. The number of ketones is 1. The Bertz CT molecular complexity index is 1160. The molecule has 0 spiro atoms. The largest absolute Gasteiger partial charge is 0.496 e. The maximum atomic E-state index is 12.6. The lowest BCUT2D eigenvalue weighted by molar-refractivity contribution is -0.128. The lowest BCUT2D eigenvalue weighted by atomic mass is 10.1. The van der Waals surface area contributed by atoms with Gasteiger partial charge >= 0.3 is 5.97 Å². The molecule has 0 saturated carbocycles. The third-order valence-corrected chi connectivity index (χ3v) is 4.50. The van der Waals surface area contributed by atoms with E-state index in [2.05, 4.69) is 0 Å². The summed E-state index contributed by atoms with van der Waals surface area (Å²) in [5.74, 6) is 0.700. The van der Waals surface area contributed by atoms with Gasteiger partial charge in [0.15, 0.2) is 5.76 Å². The van der Waals surface area contributed by atoms with Gasteiger partial charge in [-0.05, 0) is 35.9 Å². The van der Waals surface area contributed by atoms with Gasteiger partial charge in [-0.2, -0.15) is 0 Å². The predicted molar refractivity (Wildman–Crippen MR) is 113 cm³/mol. The Balaban J connectivity index is 1.50. The molecule has 0 bridgehead atoms. The number of allylic oxidation sites excluding steroid dienone is 1. The van der Waals surface area contributed by atoms with Crippen LogP contribution >= 0.6 is 0 Å². The van der Waals surface area contributed by atoms with Gasteiger partial charge in [0.25, 0.3) is 0 Å². The first-order chi connectivity index (χ1) is 14.6. The Hall–Kier alpha value is -4.12. The minimum atomic E-state index is -0.520. The number of carbonyl (C=O) groups is 2. The number of hydrogen-bond donors (Lipinski definition) is 0. The first kappa shape index (κ1) is 19.2. The van der Waals surface area contributed by atoms with Crippen molar-refractivity contribution in [3.63, 3.8) is 0 Å². The molecular weight excluding hydrogens is 380 g/mol. The topological polar surface area (TPSA) is 61.8 Å². The van der Waals surface area contributed by atoms with Crippen LogP contribution in [0.25, 0.3) is 12.2 Å². The van der Waals surface area contributed by atoms with Gasteiger partial charge < -0.3 is 14.2 Å². The van der Waals surface area contributed by atoms with Crippen molar-refractivity contribution in [2.24, 2.45) is 0 Å². The van der Waals surface area contributed by atoms with E-state index in [9.17, 15) is 9.59 Å². The molecule has 3 aromatic carbocycles. The number of ether oxygens (including phenoxy) is 3. The third kappa shape index (κ3) is 4.15. The molecule has 3 aromatic rings. The van der Waals surface area contributed by atoms with Crippen LogP contribution in [0.3, 0.4) is 0 Å². The first-order valence-corrected chi connectivity index (χ1v) is 9.30. The van der Waals surface area contributed by atoms with Crippen LogP contribution < -0.4 is 14.2 Å². The summed E-state index contributed by atoms with van der Waals surface area (Å²) in [5, 5.41) is 0. The Morgan fingerprint density at radius 2 is 1.73 bits per heavy atom. The molecule has 0 amide bonds. The molecule has 0 saturated heterocycles. The summed E-state index contributed by atoms with van der Waals surface area (Å²) in [6.45, 7) is 0. The molecule has 1 heterocycles. The Morgan fingerprint density at radius 3 is 2.53 bits per heavy atom. The van der Waals surface area contributed by atoms with E-state index in [0.29, 0.717) is 22.8 Å². The van der Waals surface area contributed by atoms with Gasteiger partial charge in [0.1, 0.15) is 17.2 Å². The highest BCUT2D eigenvalue weighted by Gasteiger charge is 2.28. The van der Waals surface area contributed by atoms with E-state index < -0.39 is 5.97 Å². The molecule has 148 valence electrons. The number of Topliss-reactive ketones (excluding diaryl/α,β-unsaturated/α-hetero) is 1. The maximum absolute atomic E-state index is 12.6. The van der Waals surface area contributed by atoms with E-state index in [4.69, 9.17) is 14.2 Å². The van der Waals surface area contributed by atoms with Crippen molar-refractivity contribution in [2.75, 3.05) is 7.11 Å². The molecule has 5 nitrogen and oxygen atoms in total. The zero-order chi connectivity index (χ0) is 20.9. The highest BCUT2D eigenvalue weighted by Crippen LogP contribution is 2.35. The maximum Gasteiger partial charge on any atom is 0.336 e. The van der Waals surface area contributed by atoms with Crippen molar-refractivity contribution < 1.29 is 23.8 Å². The van der Waals surface area contributed by atoms with E-state index in [1.54, 1.807) is 37.5 Å². The second-order valence-electron chi connectivity index (χ2n) is 6.50. The molecule has 1 aliphatic heterocycles. The first-order valence-electron chi connectivity index (χ1n) is 9.30. The SMILES string of the molecule is COc1ccccc1/C=C1\Oc2cc(OC(=O)/C=C/c3ccccc3)ccc2C1=O. The van der Waals surface area contributed by atoms with Crippen LogP contribution in [0.5, 0.6) is 17.2 Å². The van der Waals surface area contributed by atoms with Crippen molar-refractivity contribution in [3.8, 4) is 17.2 Å². The fourth-order valence-corrected chi connectivity index (χ4v) is 3.04. The average molecular weight is 398 g/mol. The fraction of sp³-hybridized carbons (Fsp3) is 0.0400. The molecule has 0 aromatic heterocycles. The third-order valence-electron chi connectivity index (χ3n) is 4.50. The second-order valence-corrected chi connectivity index (χ2v) is 6.50. The number of benzene rings is 3. The fourth-order valence-electron chi connectivity index (χ4n) is 3.04. The van der Waals surface area contributed by atoms with Gasteiger partial charge in [-0.3, -0.25) is 4.79 Å². The standard InChI is InChI=1S/C25H18O5/c1-28-21-10-6-5-9-18(21)15-23-25(27)20-13-12-19(16-22(20)30-23)29-24(26)14-11-17-7-3-2-4-8-17/h2-16H,1H3/b14-11+,23-15-. The van der Waals surface area contributed by atoms with Gasteiger partial charge in [0.2, 0.25) is 5.78 Å². The van der Waals surface area contributed by atoms with Crippen molar-refractivity contribution >= 4 is 23.9 Å². The van der Waals surface area contributed by atoms with Gasteiger partial charge in [-0.15, -0.1) is 0 Å². The summed E-state index contributed by atoms with van der Waals surface area (Å²) in [6, 6.07) is 21.5. The summed E-state index contributed by atoms with van der Waals surface area (Å²) in [7, 11) is 1.57. The molecular formula is C25H18O5.